The Kier molecular flexibility index (Phi) is 4.87. The molecule has 0 saturated carbocycles. The second-order valence-electron chi connectivity index (χ2n) is 5.98. The Bertz CT molecular complexity index is 231. The summed E-state index contributed by atoms with van der Waals surface area (Å²) in [7, 11) is 0. The molecule has 0 radical (unpaired) electrons. The second-order valence-corrected chi connectivity index (χ2v) is 5.98. The number of unbranched alkanes of at least 4 members (excludes halogenated alkanes) is 1. The Hall–Kier alpha value is -0.0800. The molecule has 0 bridgehead atoms. The molecule has 2 heterocycles. The van der Waals surface area contributed by atoms with Gasteiger partial charge in [-0.3, -0.25) is 4.90 Å². The van der Waals surface area contributed by atoms with Crippen molar-refractivity contribution in [3.05, 3.63) is 0 Å². The number of nitrogens with zero attached hydrogens (tertiary/aromatic N) is 1. The van der Waals surface area contributed by atoms with E-state index in [1.165, 1.54) is 51.4 Å². The molecule has 2 saturated heterocycles. The first-order valence-corrected chi connectivity index (χ1v) is 7.73. The van der Waals surface area contributed by atoms with Gasteiger partial charge in [-0.15, -0.1) is 0 Å². The smallest absolute Gasteiger partial charge is 0.0696 e. The van der Waals surface area contributed by atoms with Crippen LogP contribution in [-0.4, -0.2) is 34.2 Å². The molecule has 2 nitrogen and oxygen atoms in total. The van der Waals surface area contributed by atoms with E-state index in [1.54, 1.807) is 0 Å². The van der Waals surface area contributed by atoms with Crippen LogP contribution in [0.15, 0.2) is 0 Å². The van der Waals surface area contributed by atoms with E-state index in [0.29, 0.717) is 6.04 Å². The third-order valence-electron chi connectivity index (χ3n) is 4.77. The molecular weight excluding hydrogens is 210 g/mol. The lowest BCUT2D eigenvalue weighted by Crippen LogP contribution is -2.52. The number of piperidine rings is 1. The van der Waals surface area contributed by atoms with Crippen molar-refractivity contribution in [3.63, 3.8) is 0 Å². The van der Waals surface area contributed by atoms with E-state index >= 15 is 0 Å². The Morgan fingerprint density at radius 1 is 0.941 bits per heavy atom. The van der Waals surface area contributed by atoms with Gasteiger partial charge in [-0.1, -0.05) is 33.1 Å². The molecule has 0 aromatic heterocycles. The average molecular weight is 239 g/mol. The molecule has 100 valence electrons. The molecule has 2 aliphatic rings. The molecule has 1 N–H and O–H groups in total. The summed E-state index contributed by atoms with van der Waals surface area (Å²) in [6.07, 6.45) is 11.4. The number of fused-ring (bicyclic) bond motifs is 1. The van der Waals surface area contributed by atoms with Crippen LogP contribution in [0.1, 0.15) is 71.6 Å². The largest absolute Gasteiger partial charge is 0.391 e. The van der Waals surface area contributed by atoms with Crippen LogP contribution in [0.4, 0.5) is 0 Å². The zero-order chi connectivity index (χ0) is 12.3. The van der Waals surface area contributed by atoms with Gasteiger partial charge in [0.15, 0.2) is 0 Å². The van der Waals surface area contributed by atoms with Gasteiger partial charge in [0.2, 0.25) is 0 Å². The zero-order valence-electron chi connectivity index (χ0n) is 11.6. The molecular formula is C15H29NO. The molecule has 2 aliphatic heterocycles. The van der Waals surface area contributed by atoms with Crippen molar-refractivity contribution in [1.29, 1.82) is 0 Å². The maximum absolute atomic E-state index is 10.2. The fourth-order valence-electron chi connectivity index (χ4n) is 3.96. The first-order chi connectivity index (χ1) is 8.27. The van der Waals surface area contributed by atoms with E-state index in [-0.39, 0.29) is 6.10 Å². The van der Waals surface area contributed by atoms with Crippen molar-refractivity contribution < 1.29 is 5.11 Å². The van der Waals surface area contributed by atoms with Crippen molar-refractivity contribution >= 4 is 0 Å². The molecule has 0 aromatic rings. The van der Waals surface area contributed by atoms with E-state index in [1.807, 2.05) is 0 Å². The third kappa shape index (κ3) is 2.85. The van der Waals surface area contributed by atoms with Crippen LogP contribution < -0.4 is 0 Å². The topological polar surface area (TPSA) is 23.5 Å². The van der Waals surface area contributed by atoms with Gasteiger partial charge in [-0.2, -0.15) is 0 Å². The molecule has 2 heteroatoms. The monoisotopic (exact) mass is 239 g/mol. The molecule has 0 aromatic carbocycles. The van der Waals surface area contributed by atoms with Gasteiger partial charge in [0.25, 0.3) is 0 Å². The van der Waals surface area contributed by atoms with Crippen LogP contribution in [-0.2, 0) is 0 Å². The maximum atomic E-state index is 10.2. The fourth-order valence-corrected chi connectivity index (χ4v) is 3.96. The predicted molar refractivity (Wildman–Crippen MR) is 72.1 cm³/mol. The van der Waals surface area contributed by atoms with Crippen molar-refractivity contribution in [2.75, 3.05) is 0 Å². The Labute approximate surface area is 106 Å². The Balaban J connectivity index is 2.01. The van der Waals surface area contributed by atoms with E-state index in [2.05, 4.69) is 18.7 Å². The summed E-state index contributed by atoms with van der Waals surface area (Å²) in [6.45, 7) is 4.57. The van der Waals surface area contributed by atoms with E-state index < -0.39 is 0 Å². The highest BCUT2D eigenvalue weighted by Gasteiger charge is 2.43. The molecule has 0 unspecified atom stereocenters. The van der Waals surface area contributed by atoms with Crippen molar-refractivity contribution in [1.82, 2.24) is 4.90 Å². The van der Waals surface area contributed by atoms with Gasteiger partial charge in [0, 0.05) is 18.1 Å². The number of aliphatic hydroxyl groups is 1. The molecule has 2 fully saturated rings. The normalized spacial score (nSPS) is 38.3. The van der Waals surface area contributed by atoms with Crippen LogP contribution in [0.3, 0.4) is 0 Å². The SMILES string of the molecule is CCCC[C@H]1CC[C@H]2[C@@H](O)CC[C@H](CCC)N12. The van der Waals surface area contributed by atoms with E-state index in [0.717, 1.165) is 18.5 Å². The molecule has 0 amide bonds. The lowest BCUT2D eigenvalue weighted by atomic mass is 9.91. The first kappa shape index (κ1) is 13.4. The standard InChI is InChI=1S/C15H29NO/c1-3-5-7-13-8-10-14-15(17)11-9-12(6-4-2)16(13)14/h12-15,17H,3-11H2,1-2H3/t12-,13-,14-,15-/m0/s1. The van der Waals surface area contributed by atoms with Gasteiger partial charge in [-0.25, -0.2) is 0 Å². The predicted octanol–water partition coefficient (Wildman–Crippen LogP) is 3.33. The quantitative estimate of drug-likeness (QED) is 0.795. The van der Waals surface area contributed by atoms with Crippen LogP contribution in [0.5, 0.6) is 0 Å². The summed E-state index contributed by atoms with van der Waals surface area (Å²) in [5.74, 6) is 0. The highest BCUT2D eigenvalue weighted by atomic mass is 16.3. The van der Waals surface area contributed by atoms with E-state index in [9.17, 15) is 5.11 Å². The molecule has 2 rings (SSSR count). The molecule has 0 spiro atoms. The summed E-state index contributed by atoms with van der Waals surface area (Å²) >= 11 is 0. The first-order valence-electron chi connectivity index (χ1n) is 7.73. The number of aliphatic hydroxyl groups excluding tert-OH is 1. The van der Waals surface area contributed by atoms with Gasteiger partial charge in [-0.05, 0) is 38.5 Å². The van der Waals surface area contributed by atoms with Crippen LogP contribution in [0.25, 0.3) is 0 Å². The van der Waals surface area contributed by atoms with Crippen LogP contribution in [0, 0.1) is 0 Å². The maximum Gasteiger partial charge on any atom is 0.0696 e. The Morgan fingerprint density at radius 2 is 1.65 bits per heavy atom. The number of hydrogen-bond donors (Lipinski definition) is 1. The summed E-state index contributed by atoms with van der Waals surface area (Å²) in [4.78, 5) is 2.72. The third-order valence-corrected chi connectivity index (χ3v) is 4.77. The van der Waals surface area contributed by atoms with Gasteiger partial charge in [0.05, 0.1) is 6.10 Å². The van der Waals surface area contributed by atoms with Gasteiger partial charge >= 0.3 is 0 Å². The van der Waals surface area contributed by atoms with Gasteiger partial charge in [0.1, 0.15) is 0 Å². The van der Waals surface area contributed by atoms with Gasteiger partial charge < -0.3 is 5.11 Å². The van der Waals surface area contributed by atoms with Crippen LogP contribution in [0.2, 0.25) is 0 Å². The minimum absolute atomic E-state index is 0.0465. The lowest BCUT2D eigenvalue weighted by Gasteiger charge is -2.44. The van der Waals surface area contributed by atoms with E-state index in [4.69, 9.17) is 0 Å². The minimum Gasteiger partial charge on any atom is -0.391 e. The number of rotatable bonds is 5. The molecule has 4 atom stereocenters. The van der Waals surface area contributed by atoms with Crippen LogP contribution >= 0.6 is 0 Å². The second kappa shape index (κ2) is 6.19. The zero-order valence-corrected chi connectivity index (χ0v) is 11.6. The fraction of sp³-hybridized carbons (Fsp3) is 1.00. The van der Waals surface area contributed by atoms with Crippen molar-refractivity contribution in [3.8, 4) is 0 Å². The minimum atomic E-state index is -0.0465. The average Bonchev–Trinajstić information content (AvgIpc) is 2.75. The van der Waals surface area contributed by atoms with Crippen molar-refractivity contribution in [2.24, 2.45) is 0 Å². The summed E-state index contributed by atoms with van der Waals surface area (Å²) in [6, 6.07) is 2.02. The highest BCUT2D eigenvalue weighted by molar-refractivity contribution is 4.98. The summed E-state index contributed by atoms with van der Waals surface area (Å²) in [5.41, 5.74) is 0. The number of hydrogen-bond acceptors (Lipinski definition) is 2. The summed E-state index contributed by atoms with van der Waals surface area (Å²) < 4.78 is 0. The lowest BCUT2D eigenvalue weighted by molar-refractivity contribution is -0.0203. The summed E-state index contributed by atoms with van der Waals surface area (Å²) in [5, 5.41) is 10.2. The molecule has 17 heavy (non-hydrogen) atoms. The molecule has 0 aliphatic carbocycles. The van der Waals surface area contributed by atoms with Crippen molar-refractivity contribution in [2.45, 2.75) is 95.9 Å². The highest BCUT2D eigenvalue weighted by Crippen LogP contribution is 2.38. The Morgan fingerprint density at radius 3 is 2.35 bits per heavy atom.